The second-order valence-electron chi connectivity index (χ2n) is 6.72. The van der Waals surface area contributed by atoms with Gasteiger partial charge in [0.05, 0.1) is 39.6 Å². The fourth-order valence-corrected chi connectivity index (χ4v) is 3.10. The van der Waals surface area contributed by atoms with E-state index in [1.807, 2.05) is 12.1 Å². The van der Waals surface area contributed by atoms with E-state index in [0.717, 1.165) is 22.3 Å². The molecule has 0 aliphatic heterocycles. The number of rotatable bonds is 16. The van der Waals surface area contributed by atoms with E-state index in [1.165, 1.54) is 0 Å². The Kier molecular flexibility index (Phi) is 14.3. The van der Waals surface area contributed by atoms with E-state index in [-0.39, 0.29) is 0 Å². The van der Waals surface area contributed by atoms with Crippen LogP contribution in [0.2, 0.25) is 0 Å². The van der Waals surface area contributed by atoms with Crippen molar-refractivity contribution in [1.29, 1.82) is 0 Å². The van der Waals surface area contributed by atoms with Crippen LogP contribution in [0.3, 0.4) is 0 Å². The summed E-state index contributed by atoms with van der Waals surface area (Å²) in [7, 11) is 0. The summed E-state index contributed by atoms with van der Waals surface area (Å²) in [5, 5.41) is 5.58. The van der Waals surface area contributed by atoms with Gasteiger partial charge in [-0.05, 0) is 48.9 Å². The van der Waals surface area contributed by atoms with Crippen LogP contribution in [-0.2, 0) is 44.9 Å². The third kappa shape index (κ3) is 10.5. The highest BCUT2D eigenvalue weighted by atomic mass is 16.6. The molecule has 0 saturated carbocycles. The largest absolute Gasteiger partial charge is 0.450 e. The number of amides is 2. The molecule has 178 valence electrons. The van der Waals surface area contributed by atoms with Gasteiger partial charge in [0.25, 0.3) is 0 Å². The van der Waals surface area contributed by atoms with Gasteiger partial charge in [-0.2, -0.15) is 0 Å². The summed E-state index contributed by atoms with van der Waals surface area (Å²) in [5.41, 5.74) is 3.94. The minimum Gasteiger partial charge on any atom is -0.450 e. The van der Waals surface area contributed by atoms with E-state index < -0.39 is 12.2 Å². The summed E-state index contributed by atoms with van der Waals surface area (Å²) < 4.78 is 21.1. The fraction of sp³-hybridized carbons (Fsp3) is 0.500. The maximum Gasteiger partial charge on any atom is 0.407 e. The highest BCUT2D eigenvalue weighted by Gasteiger charge is 2.16. The van der Waals surface area contributed by atoms with Gasteiger partial charge in [0.2, 0.25) is 0 Å². The van der Waals surface area contributed by atoms with Crippen LogP contribution in [0.25, 0.3) is 0 Å². The third-order valence-corrected chi connectivity index (χ3v) is 4.49. The van der Waals surface area contributed by atoms with Crippen molar-refractivity contribution in [1.82, 2.24) is 10.6 Å². The van der Waals surface area contributed by atoms with Gasteiger partial charge in [-0.15, -0.1) is 13.2 Å². The number of hydrogen-bond acceptors (Lipinski definition) is 6. The highest BCUT2D eigenvalue weighted by molar-refractivity contribution is 5.68. The average molecular weight is 449 g/mol. The molecule has 8 nitrogen and oxygen atoms in total. The SMILES string of the molecule is C=CCOCCc1ccc(CNC(=O)OCC)c(CCOCC=C)c1CNC(=O)OCC. The summed E-state index contributed by atoms with van der Waals surface area (Å²) in [6, 6.07) is 3.97. The van der Waals surface area contributed by atoms with Gasteiger partial charge < -0.3 is 29.6 Å². The van der Waals surface area contributed by atoms with Gasteiger partial charge in [0, 0.05) is 13.1 Å². The van der Waals surface area contributed by atoms with Crippen LogP contribution >= 0.6 is 0 Å². The van der Waals surface area contributed by atoms with Crippen LogP contribution in [0.5, 0.6) is 0 Å². The Bertz CT molecular complexity index is 735. The molecule has 8 heteroatoms. The van der Waals surface area contributed by atoms with E-state index in [2.05, 4.69) is 23.8 Å². The van der Waals surface area contributed by atoms with E-state index in [4.69, 9.17) is 18.9 Å². The normalized spacial score (nSPS) is 10.3. The molecule has 1 rings (SSSR count). The van der Waals surface area contributed by atoms with E-state index in [9.17, 15) is 9.59 Å². The molecule has 0 atom stereocenters. The summed E-state index contributed by atoms with van der Waals surface area (Å²) in [6.45, 7) is 13.9. The van der Waals surface area contributed by atoms with E-state index >= 15 is 0 Å². The van der Waals surface area contributed by atoms with Crippen LogP contribution in [0.15, 0.2) is 37.4 Å². The number of carbonyl (C=O) groups is 2. The highest BCUT2D eigenvalue weighted by Crippen LogP contribution is 2.22. The number of carbonyl (C=O) groups excluding carboxylic acids is 2. The second-order valence-corrected chi connectivity index (χ2v) is 6.72. The molecule has 0 fully saturated rings. The number of nitrogens with one attached hydrogen (secondary N) is 2. The lowest BCUT2D eigenvalue weighted by Gasteiger charge is -2.20. The molecule has 0 aromatic heterocycles. The predicted octanol–water partition coefficient (Wildman–Crippen LogP) is 3.67. The maximum atomic E-state index is 11.9. The maximum absolute atomic E-state index is 11.9. The first-order valence-electron chi connectivity index (χ1n) is 10.9. The van der Waals surface area contributed by atoms with E-state index in [1.54, 1.807) is 26.0 Å². The average Bonchev–Trinajstić information content (AvgIpc) is 2.78. The lowest BCUT2D eigenvalue weighted by atomic mass is 9.92. The second kappa shape index (κ2) is 16.8. The standard InChI is InChI=1S/C24H36N2O6/c1-5-13-29-15-11-19-9-10-20(17-25-23(27)31-7-3)21(12-16-30-14-6-2)22(19)18-26-24(28)32-8-4/h5-6,9-10H,1-2,7-8,11-18H2,3-4H3,(H,25,27)(H,26,28). The number of benzene rings is 1. The third-order valence-electron chi connectivity index (χ3n) is 4.49. The van der Waals surface area contributed by atoms with Gasteiger partial charge in [-0.1, -0.05) is 24.3 Å². The van der Waals surface area contributed by atoms with Gasteiger partial charge in [-0.25, -0.2) is 9.59 Å². The Morgan fingerprint density at radius 1 is 0.812 bits per heavy atom. The fourth-order valence-electron chi connectivity index (χ4n) is 3.10. The first kappa shape index (κ1) is 27.2. The number of ether oxygens (including phenoxy) is 4. The van der Waals surface area contributed by atoms with Gasteiger partial charge in [0.15, 0.2) is 0 Å². The summed E-state index contributed by atoms with van der Waals surface area (Å²) in [6.07, 6.45) is 3.71. The minimum atomic E-state index is -0.481. The first-order chi connectivity index (χ1) is 15.6. The van der Waals surface area contributed by atoms with Crippen molar-refractivity contribution >= 4 is 12.2 Å². The molecule has 1 aromatic carbocycles. The number of alkyl carbamates (subject to hydrolysis) is 2. The zero-order valence-corrected chi connectivity index (χ0v) is 19.2. The minimum absolute atomic E-state index is 0.291. The lowest BCUT2D eigenvalue weighted by Crippen LogP contribution is -2.27. The zero-order chi connectivity index (χ0) is 23.6. The summed E-state index contributed by atoms with van der Waals surface area (Å²) in [5.74, 6) is 0. The van der Waals surface area contributed by atoms with Crippen molar-refractivity contribution < 1.29 is 28.5 Å². The van der Waals surface area contributed by atoms with Crippen molar-refractivity contribution in [3.63, 3.8) is 0 Å². The first-order valence-corrected chi connectivity index (χ1v) is 10.9. The lowest BCUT2D eigenvalue weighted by molar-refractivity contribution is 0.151. The molecular formula is C24H36N2O6. The molecular weight excluding hydrogens is 412 g/mol. The van der Waals surface area contributed by atoms with Crippen LogP contribution in [0.1, 0.15) is 36.1 Å². The topological polar surface area (TPSA) is 95.1 Å². The quantitative estimate of drug-likeness (QED) is 0.296. The Labute approximate surface area is 190 Å². The van der Waals surface area contributed by atoms with Crippen LogP contribution < -0.4 is 10.6 Å². The molecule has 32 heavy (non-hydrogen) atoms. The van der Waals surface area contributed by atoms with Crippen molar-refractivity contribution in [3.05, 3.63) is 59.7 Å². The van der Waals surface area contributed by atoms with Crippen LogP contribution in [-0.4, -0.2) is 51.8 Å². The van der Waals surface area contributed by atoms with Crippen LogP contribution in [0.4, 0.5) is 9.59 Å². The van der Waals surface area contributed by atoms with Crippen LogP contribution in [0, 0.1) is 0 Å². The summed E-state index contributed by atoms with van der Waals surface area (Å²) in [4.78, 5) is 23.7. The molecule has 0 aliphatic rings. The molecule has 2 N–H and O–H groups in total. The van der Waals surface area contributed by atoms with Crippen molar-refractivity contribution in [3.8, 4) is 0 Å². The molecule has 0 radical (unpaired) electrons. The summed E-state index contributed by atoms with van der Waals surface area (Å²) >= 11 is 0. The molecule has 0 bridgehead atoms. The molecule has 0 saturated heterocycles. The monoisotopic (exact) mass is 448 g/mol. The Hall–Kier alpha value is -2.84. The van der Waals surface area contributed by atoms with Gasteiger partial charge in [-0.3, -0.25) is 0 Å². The molecule has 0 aliphatic carbocycles. The molecule has 0 heterocycles. The van der Waals surface area contributed by atoms with Crippen molar-refractivity contribution in [2.75, 3.05) is 39.6 Å². The Morgan fingerprint density at radius 2 is 1.34 bits per heavy atom. The number of hydrogen-bond donors (Lipinski definition) is 2. The molecule has 0 unspecified atom stereocenters. The molecule has 2 amide bonds. The molecule has 0 spiro atoms. The van der Waals surface area contributed by atoms with Crippen molar-refractivity contribution in [2.45, 2.75) is 39.8 Å². The smallest absolute Gasteiger partial charge is 0.407 e. The zero-order valence-electron chi connectivity index (χ0n) is 19.2. The predicted molar refractivity (Wildman–Crippen MR) is 124 cm³/mol. The van der Waals surface area contributed by atoms with Gasteiger partial charge >= 0.3 is 12.2 Å². The van der Waals surface area contributed by atoms with Crippen molar-refractivity contribution in [2.24, 2.45) is 0 Å². The Balaban J connectivity index is 3.17. The van der Waals surface area contributed by atoms with E-state index in [0.29, 0.717) is 65.6 Å². The Morgan fingerprint density at radius 3 is 1.91 bits per heavy atom. The molecule has 1 aromatic rings. The van der Waals surface area contributed by atoms with Gasteiger partial charge in [0.1, 0.15) is 0 Å².